The molecule has 0 aromatic heterocycles. The van der Waals surface area contributed by atoms with Crippen molar-refractivity contribution in [2.24, 2.45) is 11.5 Å². The van der Waals surface area contributed by atoms with Crippen molar-refractivity contribution < 1.29 is 14.3 Å². The van der Waals surface area contributed by atoms with E-state index in [1.165, 1.54) is 0 Å². The molecule has 8 heteroatoms. The smallest absolute Gasteiger partial charge is 0.276 e. The first kappa shape index (κ1) is 14.6. The van der Waals surface area contributed by atoms with E-state index in [0.29, 0.717) is 24.7 Å². The van der Waals surface area contributed by atoms with Crippen molar-refractivity contribution in [1.29, 1.82) is 0 Å². The lowest BCUT2D eigenvalue weighted by molar-refractivity contribution is 0.0255. The summed E-state index contributed by atoms with van der Waals surface area (Å²) in [6.45, 7) is 2.98. The van der Waals surface area contributed by atoms with E-state index in [9.17, 15) is 9.59 Å². The highest BCUT2D eigenvalue weighted by Crippen LogP contribution is 2.15. The van der Waals surface area contributed by atoms with Crippen molar-refractivity contribution in [2.75, 3.05) is 37.8 Å². The van der Waals surface area contributed by atoms with Crippen LogP contribution in [0.3, 0.4) is 0 Å². The Morgan fingerprint density at radius 1 is 1.12 bits per heavy atom. The summed E-state index contributed by atoms with van der Waals surface area (Å²) in [4.78, 5) is 23.7. The van der Waals surface area contributed by atoms with Crippen molar-refractivity contribution >= 4 is 34.0 Å². The molecule has 0 aromatic rings. The summed E-state index contributed by atoms with van der Waals surface area (Å²) in [6.07, 6.45) is 0. The highest BCUT2D eigenvalue weighted by atomic mass is 32.2. The monoisotopic (exact) mass is 279 g/mol. The number of amides is 2. The number of hydrogen-bond acceptors (Lipinski definition) is 6. The highest BCUT2D eigenvalue weighted by Gasteiger charge is 2.22. The van der Waals surface area contributed by atoms with Gasteiger partial charge < -0.3 is 16.2 Å². The van der Waals surface area contributed by atoms with E-state index in [-0.39, 0.29) is 6.04 Å². The lowest BCUT2D eigenvalue weighted by Gasteiger charge is -2.33. The summed E-state index contributed by atoms with van der Waals surface area (Å²) in [5.74, 6) is 1.16. The maximum absolute atomic E-state index is 10.8. The number of thioether (sulfide) groups is 2. The predicted molar refractivity (Wildman–Crippen MR) is 70.3 cm³/mol. The number of rotatable bonds is 5. The van der Waals surface area contributed by atoms with Crippen molar-refractivity contribution in [3.63, 3.8) is 0 Å². The second-order valence-electron chi connectivity index (χ2n) is 3.56. The van der Waals surface area contributed by atoms with Crippen LogP contribution in [0.15, 0.2) is 0 Å². The fourth-order valence-corrected chi connectivity index (χ4v) is 3.08. The zero-order chi connectivity index (χ0) is 12.7. The maximum atomic E-state index is 10.8. The molecule has 2 amide bonds. The normalized spacial score (nSPS) is 17.2. The summed E-state index contributed by atoms with van der Waals surface area (Å²) in [6, 6.07) is 0.119. The number of nitrogens with zero attached hydrogens (tertiary/aromatic N) is 1. The molecule has 1 aliphatic rings. The van der Waals surface area contributed by atoms with Crippen LogP contribution < -0.4 is 11.5 Å². The Bertz CT molecular complexity index is 254. The molecule has 1 heterocycles. The Balaban J connectivity index is 2.43. The molecule has 0 aliphatic carbocycles. The Hall–Kier alpha value is -0.440. The van der Waals surface area contributed by atoms with Crippen LogP contribution in [0, 0.1) is 0 Å². The zero-order valence-corrected chi connectivity index (χ0v) is 11.1. The quantitative estimate of drug-likeness (QED) is 0.751. The molecule has 0 atom stereocenters. The average Bonchev–Trinajstić information content (AvgIpc) is 2.29. The Morgan fingerprint density at radius 2 is 1.59 bits per heavy atom. The first-order valence-electron chi connectivity index (χ1n) is 5.26. The molecule has 17 heavy (non-hydrogen) atoms. The average molecular weight is 279 g/mol. The zero-order valence-electron chi connectivity index (χ0n) is 9.46. The number of carbonyl (C=O) groups is 2. The van der Waals surface area contributed by atoms with Crippen LogP contribution in [-0.4, -0.2) is 59.2 Å². The minimum Gasteiger partial charge on any atom is -0.379 e. The lowest BCUT2D eigenvalue weighted by Crippen LogP contribution is -2.46. The molecule has 1 saturated heterocycles. The molecule has 0 spiro atoms. The third-order valence-electron chi connectivity index (χ3n) is 2.40. The third kappa shape index (κ3) is 6.16. The Kier molecular flexibility index (Phi) is 6.71. The summed E-state index contributed by atoms with van der Waals surface area (Å²) >= 11 is 2.15. The second-order valence-corrected chi connectivity index (χ2v) is 5.61. The van der Waals surface area contributed by atoms with Gasteiger partial charge in [-0.1, -0.05) is 23.5 Å². The number of morpholine rings is 1. The van der Waals surface area contributed by atoms with Gasteiger partial charge in [0.2, 0.25) is 0 Å². The van der Waals surface area contributed by atoms with Gasteiger partial charge in [-0.25, -0.2) is 0 Å². The van der Waals surface area contributed by atoms with E-state index in [1.54, 1.807) is 0 Å². The molecule has 1 rings (SSSR count). The van der Waals surface area contributed by atoms with Gasteiger partial charge in [0.15, 0.2) is 0 Å². The molecular formula is C9H17N3O3S2. The molecule has 0 saturated carbocycles. The molecule has 0 bridgehead atoms. The minimum atomic E-state index is -0.396. The van der Waals surface area contributed by atoms with E-state index in [2.05, 4.69) is 4.90 Å². The Labute approximate surface area is 109 Å². The van der Waals surface area contributed by atoms with Gasteiger partial charge in [0, 0.05) is 30.6 Å². The molecular weight excluding hydrogens is 262 g/mol. The standard InChI is InChI=1S/C9H17N3O3S2/c10-8(13)16-5-7(6-17-9(11)14)12-1-3-15-4-2-12/h7H,1-6H2,(H2,10,13)(H2,11,14). The summed E-state index contributed by atoms with van der Waals surface area (Å²) in [5.41, 5.74) is 10.2. The second kappa shape index (κ2) is 7.80. The Morgan fingerprint density at radius 3 is 2.00 bits per heavy atom. The topological polar surface area (TPSA) is 98.7 Å². The maximum Gasteiger partial charge on any atom is 0.276 e. The molecule has 0 radical (unpaired) electrons. The molecule has 0 aromatic carbocycles. The summed E-state index contributed by atoms with van der Waals surface area (Å²) in [7, 11) is 0. The van der Waals surface area contributed by atoms with Crippen LogP contribution in [-0.2, 0) is 4.74 Å². The molecule has 6 nitrogen and oxygen atoms in total. The van der Waals surface area contributed by atoms with Gasteiger partial charge in [0.05, 0.1) is 13.2 Å². The third-order valence-corrected chi connectivity index (χ3v) is 4.07. The lowest BCUT2D eigenvalue weighted by atomic mass is 10.3. The fourth-order valence-electron chi connectivity index (χ4n) is 1.56. The van der Waals surface area contributed by atoms with Gasteiger partial charge in [0.1, 0.15) is 0 Å². The van der Waals surface area contributed by atoms with E-state index >= 15 is 0 Å². The van der Waals surface area contributed by atoms with Crippen LogP contribution in [0.2, 0.25) is 0 Å². The first-order valence-corrected chi connectivity index (χ1v) is 7.23. The van der Waals surface area contributed by atoms with Crippen LogP contribution in [0.4, 0.5) is 9.59 Å². The number of hydrogen-bond donors (Lipinski definition) is 2. The van der Waals surface area contributed by atoms with E-state index in [0.717, 1.165) is 36.6 Å². The number of carbonyl (C=O) groups excluding carboxylic acids is 2. The van der Waals surface area contributed by atoms with Crippen LogP contribution in [0.25, 0.3) is 0 Å². The number of nitrogens with two attached hydrogens (primary N) is 2. The summed E-state index contributed by atoms with van der Waals surface area (Å²) < 4.78 is 5.26. The molecule has 0 unspecified atom stereocenters. The molecule has 1 fully saturated rings. The summed E-state index contributed by atoms with van der Waals surface area (Å²) in [5, 5.41) is -0.792. The molecule has 4 N–H and O–H groups in total. The molecule has 98 valence electrons. The van der Waals surface area contributed by atoms with E-state index in [1.807, 2.05) is 0 Å². The van der Waals surface area contributed by atoms with Gasteiger partial charge in [-0.05, 0) is 0 Å². The van der Waals surface area contributed by atoms with E-state index in [4.69, 9.17) is 16.2 Å². The van der Waals surface area contributed by atoms with Crippen LogP contribution in [0.5, 0.6) is 0 Å². The van der Waals surface area contributed by atoms with Gasteiger partial charge in [-0.3, -0.25) is 14.5 Å². The van der Waals surface area contributed by atoms with Crippen molar-refractivity contribution in [1.82, 2.24) is 4.90 Å². The first-order chi connectivity index (χ1) is 8.09. The van der Waals surface area contributed by atoms with Crippen LogP contribution in [0.1, 0.15) is 0 Å². The fraction of sp³-hybridized carbons (Fsp3) is 0.778. The van der Waals surface area contributed by atoms with Crippen LogP contribution >= 0.6 is 23.5 Å². The number of ether oxygens (including phenoxy) is 1. The van der Waals surface area contributed by atoms with E-state index < -0.39 is 10.5 Å². The van der Waals surface area contributed by atoms with Gasteiger partial charge in [-0.2, -0.15) is 0 Å². The highest BCUT2D eigenvalue weighted by molar-refractivity contribution is 8.14. The number of primary amides is 2. The van der Waals surface area contributed by atoms with Gasteiger partial charge in [0.25, 0.3) is 10.5 Å². The van der Waals surface area contributed by atoms with Crippen molar-refractivity contribution in [2.45, 2.75) is 6.04 Å². The van der Waals surface area contributed by atoms with Crippen molar-refractivity contribution in [3.05, 3.63) is 0 Å². The van der Waals surface area contributed by atoms with Crippen molar-refractivity contribution in [3.8, 4) is 0 Å². The SMILES string of the molecule is NC(=O)SCC(CSC(N)=O)N1CCOCC1. The van der Waals surface area contributed by atoms with Gasteiger partial charge in [-0.15, -0.1) is 0 Å². The molecule has 1 aliphatic heterocycles. The largest absolute Gasteiger partial charge is 0.379 e. The minimum absolute atomic E-state index is 0.119. The van der Waals surface area contributed by atoms with Gasteiger partial charge >= 0.3 is 0 Å². The predicted octanol–water partition coefficient (Wildman–Crippen LogP) is 0.311.